The maximum Gasteiger partial charge on any atom is 0.240 e. The Morgan fingerprint density at radius 2 is 2.20 bits per heavy atom. The van der Waals surface area contributed by atoms with Gasteiger partial charge in [0.15, 0.2) is 11.5 Å². The van der Waals surface area contributed by atoms with Crippen molar-refractivity contribution >= 4 is 22.9 Å². The van der Waals surface area contributed by atoms with Gasteiger partial charge in [0.25, 0.3) is 0 Å². The van der Waals surface area contributed by atoms with Crippen molar-refractivity contribution in [1.82, 2.24) is 24.8 Å². The lowest BCUT2D eigenvalue weighted by Gasteiger charge is -2.23. The molecule has 1 amide bonds. The number of ether oxygens (including phenoxy) is 1. The van der Waals surface area contributed by atoms with Gasteiger partial charge in [-0.2, -0.15) is 0 Å². The lowest BCUT2D eigenvalue weighted by atomic mass is 10.1. The number of rotatable bonds is 3. The Kier molecular flexibility index (Phi) is 3.46. The van der Waals surface area contributed by atoms with Crippen LogP contribution < -0.4 is 11.1 Å². The van der Waals surface area contributed by atoms with Gasteiger partial charge in [-0.3, -0.25) is 4.79 Å². The van der Waals surface area contributed by atoms with Gasteiger partial charge in [0.05, 0.1) is 6.33 Å². The molecule has 3 N–H and O–H groups in total. The number of carbonyl (C=O) groups excluding carboxylic acids is 1. The second-order valence-corrected chi connectivity index (χ2v) is 4.76. The summed E-state index contributed by atoms with van der Waals surface area (Å²) < 4.78 is 6.93. The topological polar surface area (TPSA) is 108 Å². The Morgan fingerprint density at radius 3 is 3.00 bits per heavy atom. The summed E-state index contributed by atoms with van der Waals surface area (Å²) in [7, 11) is 0. The summed E-state index contributed by atoms with van der Waals surface area (Å²) in [5, 5.41) is 2.99. The van der Waals surface area contributed by atoms with Gasteiger partial charge in [-0.15, -0.1) is 0 Å². The Balaban J connectivity index is 1.69. The average molecular weight is 276 g/mol. The molecule has 3 rings (SSSR count). The van der Waals surface area contributed by atoms with Crippen molar-refractivity contribution in [3.63, 3.8) is 0 Å². The minimum Gasteiger partial charge on any atom is -0.382 e. The van der Waals surface area contributed by atoms with Crippen LogP contribution in [0.5, 0.6) is 0 Å². The first kappa shape index (κ1) is 12.8. The first-order valence-corrected chi connectivity index (χ1v) is 6.52. The number of anilines is 1. The maximum absolute atomic E-state index is 12.0. The molecule has 0 aromatic carbocycles. The standard InChI is InChI=1S/C12H16N6O2/c13-11-10-12(15-6-14-11)18(7-16-10)5-9(19)17-8-1-3-20-4-2-8/h6-8H,1-5H2,(H,17,19)(H2,13,14,15). The van der Waals surface area contributed by atoms with Gasteiger partial charge in [0.1, 0.15) is 18.4 Å². The highest BCUT2D eigenvalue weighted by atomic mass is 16.5. The van der Waals surface area contributed by atoms with Gasteiger partial charge < -0.3 is 20.4 Å². The van der Waals surface area contributed by atoms with Gasteiger partial charge in [-0.05, 0) is 12.8 Å². The Hall–Kier alpha value is -2.22. The summed E-state index contributed by atoms with van der Waals surface area (Å²) in [5.41, 5.74) is 6.80. The molecule has 0 unspecified atom stereocenters. The van der Waals surface area contributed by atoms with E-state index in [0.29, 0.717) is 30.2 Å². The molecular weight excluding hydrogens is 260 g/mol. The van der Waals surface area contributed by atoms with Crippen molar-refractivity contribution in [3.8, 4) is 0 Å². The second kappa shape index (κ2) is 5.41. The molecule has 1 aliphatic rings. The smallest absolute Gasteiger partial charge is 0.240 e. The number of nitrogens with one attached hydrogen (secondary N) is 1. The summed E-state index contributed by atoms with van der Waals surface area (Å²) in [6.07, 6.45) is 4.63. The van der Waals surface area contributed by atoms with E-state index < -0.39 is 0 Å². The number of nitrogens with two attached hydrogens (primary N) is 1. The molecule has 3 heterocycles. The molecule has 0 bridgehead atoms. The summed E-state index contributed by atoms with van der Waals surface area (Å²) in [6, 6.07) is 0.186. The molecule has 2 aromatic rings. The van der Waals surface area contributed by atoms with Crippen LogP contribution in [-0.4, -0.2) is 44.7 Å². The molecule has 0 radical (unpaired) electrons. The highest BCUT2D eigenvalue weighted by Gasteiger charge is 2.17. The minimum absolute atomic E-state index is 0.0617. The zero-order chi connectivity index (χ0) is 13.9. The third-order valence-electron chi connectivity index (χ3n) is 3.33. The fourth-order valence-electron chi connectivity index (χ4n) is 2.28. The van der Waals surface area contributed by atoms with Gasteiger partial charge in [-0.1, -0.05) is 0 Å². The van der Waals surface area contributed by atoms with Gasteiger partial charge >= 0.3 is 0 Å². The Labute approximate surface area is 115 Å². The van der Waals surface area contributed by atoms with Crippen LogP contribution in [0.4, 0.5) is 5.82 Å². The highest BCUT2D eigenvalue weighted by Crippen LogP contribution is 2.14. The van der Waals surface area contributed by atoms with E-state index in [4.69, 9.17) is 10.5 Å². The third kappa shape index (κ3) is 2.55. The number of hydrogen-bond donors (Lipinski definition) is 2. The van der Waals surface area contributed by atoms with Crippen LogP contribution in [0.3, 0.4) is 0 Å². The number of hydrogen-bond acceptors (Lipinski definition) is 6. The number of amides is 1. The SMILES string of the molecule is Nc1ncnc2c1ncn2CC(=O)NC1CCOCC1. The van der Waals surface area contributed by atoms with Crippen LogP contribution in [0.15, 0.2) is 12.7 Å². The Bertz CT molecular complexity index is 619. The minimum atomic E-state index is -0.0617. The van der Waals surface area contributed by atoms with Crippen LogP contribution in [0.1, 0.15) is 12.8 Å². The highest BCUT2D eigenvalue weighted by molar-refractivity contribution is 5.83. The number of nitrogens with zero attached hydrogens (tertiary/aromatic N) is 4. The zero-order valence-corrected chi connectivity index (χ0v) is 11.0. The van der Waals surface area contributed by atoms with Gasteiger partial charge in [0.2, 0.25) is 5.91 Å². The molecule has 0 spiro atoms. The molecule has 1 fully saturated rings. The van der Waals surface area contributed by atoms with E-state index in [1.807, 2.05) is 0 Å². The predicted octanol–water partition coefficient (Wildman–Crippen LogP) is -0.296. The second-order valence-electron chi connectivity index (χ2n) is 4.76. The monoisotopic (exact) mass is 276 g/mol. The van der Waals surface area contributed by atoms with Crippen molar-refractivity contribution in [2.24, 2.45) is 0 Å². The predicted molar refractivity (Wildman–Crippen MR) is 71.7 cm³/mol. The van der Waals surface area contributed by atoms with E-state index in [2.05, 4.69) is 20.3 Å². The molecule has 8 nitrogen and oxygen atoms in total. The lowest BCUT2D eigenvalue weighted by molar-refractivity contribution is -0.122. The number of carbonyl (C=O) groups is 1. The molecule has 0 atom stereocenters. The van der Waals surface area contributed by atoms with Crippen molar-refractivity contribution in [2.75, 3.05) is 18.9 Å². The molecule has 106 valence electrons. The molecule has 1 saturated heterocycles. The van der Waals surface area contributed by atoms with Crippen molar-refractivity contribution in [1.29, 1.82) is 0 Å². The Morgan fingerprint density at radius 1 is 1.40 bits per heavy atom. The number of imidazole rings is 1. The molecule has 0 aliphatic carbocycles. The van der Waals surface area contributed by atoms with Crippen molar-refractivity contribution < 1.29 is 9.53 Å². The van der Waals surface area contributed by atoms with Crippen LogP contribution in [0.25, 0.3) is 11.2 Å². The first-order valence-electron chi connectivity index (χ1n) is 6.52. The molecular formula is C12H16N6O2. The van der Waals surface area contributed by atoms with E-state index >= 15 is 0 Å². The van der Waals surface area contributed by atoms with E-state index in [-0.39, 0.29) is 18.5 Å². The van der Waals surface area contributed by atoms with Crippen LogP contribution >= 0.6 is 0 Å². The van der Waals surface area contributed by atoms with E-state index in [0.717, 1.165) is 12.8 Å². The fourth-order valence-corrected chi connectivity index (χ4v) is 2.28. The van der Waals surface area contributed by atoms with E-state index in [9.17, 15) is 4.79 Å². The van der Waals surface area contributed by atoms with Crippen LogP contribution in [0.2, 0.25) is 0 Å². The lowest BCUT2D eigenvalue weighted by Crippen LogP contribution is -2.40. The van der Waals surface area contributed by atoms with Crippen LogP contribution in [0, 0.1) is 0 Å². The average Bonchev–Trinajstić information content (AvgIpc) is 2.84. The molecule has 2 aromatic heterocycles. The largest absolute Gasteiger partial charge is 0.382 e. The summed E-state index contributed by atoms with van der Waals surface area (Å²) in [4.78, 5) is 24.1. The quantitative estimate of drug-likeness (QED) is 0.797. The van der Waals surface area contributed by atoms with Gasteiger partial charge in [0, 0.05) is 19.3 Å². The zero-order valence-electron chi connectivity index (χ0n) is 11.0. The fraction of sp³-hybridized carbons (Fsp3) is 0.500. The molecule has 0 saturated carbocycles. The first-order chi connectivity index (χ1) is 9.74. The molecule has 20 heavy (non-hydrogen) atoms. The van der Waals surface area contributed by atoms with E-state index in [1.54, 1.807) is 10.9 Å². The molecule has 8 heteroatoms. The normalized spacial score (nSPS) is 16.4. The third-order valence-corrected chi connectivity index (χ3v) is 3.33. The number of nitrogen functional groups attached to an aromatic ring is 1. The van der Waals surface area contributed by atoms with Crippen molar-refractivity contribution in [3.05, 3.63) is 12.7 Å². The van der Waals surface area contributed by atoms with E-state index in [1.165, 1.54) is 6.33 Å². The molecule has 1 aliphatic heterocycles. The summed E-state index contributed by atoms with van der Waals surface area (Å²) >= 11 is 0. The number of aromatic nitrogens is 4. The van der Waals surface area contributed by atoms with Gasteiger partial charge in [-0.25, -0.2) is 15.0 Å². The summed E-state index contributed by atoms with van der Waals surface area (Å²) in [5.74, 6) is 0.256. The maximum atomic E-state index is 12.0. The van der Waals surface area contributed by atoms with Crippen molar-refractivity contribution in [2.45, 2.75) is 25.4 Å². The van der Waals surface area contributed by atoms with Crippen LogP contribution in [-0.2, 0) is 16.1 Å². The summed E-state index contributed by atoms with van der Waals surface area (Å²) in [6.45, 7) is 1.57. The number of fused-ring (bicyclic) bond motifs is 1.